The lowest BCUT2D eigenvalue weighted by Crippen LogP contribution is -2.16. The zero-order chi connectivity index (χ0) is 40.7. The normalized spacial score (nSPS) is 12.0. The Labute approximate surface area is 354 Å². The van der Waals surface area contributed by atoms with Crippen LogP contribution in [0.3, 0.4) is 0 Å². The third-order valence-electron chi connectivity index (χ3n) is 11.8. The van der Waals surface area contributed by atoms with Crippen LogP contribution in [0, 0.1) is 0 Å². The summed E-state index contributed by atoms with van der Waals surface area (Å²) in [6.45, 7) is 4.36. The largest absolute Gasteiger partial charge is 0.455 e. The molecule has 0 aliphatic rings. The molecule has 0 saturated heterocycles. The smallest absolute Gasteiger partial charge is 0.143 e. The van der Waals surface area contributed by atoms with E-state index < -0.39 is 0 Å². The van der Waals surface area contributed by atoms with Crippen LogP contribution >= 0.6 is 0 Å². The van der Waals surface area contributed by atoms with Gasteiger partial charge in [-0.1, -0.05) is 170 Å². The lowest BCUT2D eigenvalue weighted by Gasteiger charge is -2.29. The van der Waals surface area contributed by atoms with Gasteiger partial charge in [-0.25, -0.2) is 0 Å². The minimum Gasteiger partial charge on any atom is -0.455 e. The highest BCUT2D eigenvalue weighted by Gasteiger charge is 2.22. The number of benzene rings is 9. The molecule has 0 aliphatic heterocycles. The van der Waals surface area contributed by atoms with Crippen LogP contribution < -0.4 is 4.90 Å². The van der Waals surface area contributed by atoms with E-state index >= 15 is 0 Å². The second-order valence-corrected chi connectivity index (χ2v) is 15.3. The standard InChI is InChI=1S/C58H40N2O/c1-2-44(23-16-20-40-18-4-3-5-19-40)59(53-30-12-10-28-50(53)52-39-43-21-6-7-25-47(43)57-51-29-11-15-33-56(51)61-58(52)57)45-36-34-41(35-37-45)42-22-17-24-46(38-42)60-54-31-13-8-26-48(54)49-27-9-14-32-55(49)60/h2-39H,1H2/b20-16+,44-23+. The number of anilines is 2. The predicted octanol–water partition coefficient (Wildman–Crippen LogP) is 16.1. The van der Waals surface area contributed by atoms with Crippen LogP contribution in [0.4, 0.5) is 11.4 Å². The van der Waals surface area contributed by atoms with Crippen molar-refractivity contribution in [2.24, 2.45) is 0 Å². The highest BCUT2D eigenvalue weighted by molar-refractivity contribution is 6.23. The number of furan rings is 1. The summed E-state index contributed by atoms with van der Waals surface area (Å²) in [5, 5.41) is 7.08. The van der Waals surface area contributed by atoms with Crippen molar-refractivity contribution in [2.75, 3.05) is 4.90 Å². The summed E-state index contributed by atoms with van der Waals surface area (Å²) in [5.74, 6) is 0. The predicted molar refractivity (Wildman–Crippen MR) is 259 cm³/mol. The highest BCUT2D eigenvalue weighted by Crippen LogP contribution is 2.46. The number of nitrogens with zero attached hydrogens (tertiary/aromatic N) is 2. The summed E-state index contributed by atoms with van der Waals surface area (Å²) in [4.78, 5) is 2.31. The molecule has 11 rings (SSSR count). The quantitative estimate of drug-likeness (QED) is 0.136. The maximum atomic E-state index is 6.77. The third kappa shape index (κ3) is 6.32. The first-order valence-electron chi connectivity index (χ1n) is 20.7. The van der Waals surface area contributed by atoms with Crippen LogP contribution in [0.25, 0.3) is 88.5 Å². The second kappa shape index (κ2) is 15.2. The van der Waals surface area contributed by atoms with Crippen LogP contribution in [0.2, 0.25) is 0 Å². The number of para-hydroxylation sites is 4. The molecule has 0 fully saturated rings. The molecular weight excluding hydrogens is 741 g/mol. The van der Waals surface area contributed by atoms with E-state index in [0.29, 0.717) is 0 Å². The fourth-order valence-electron chi connectivity index (χ4n) is 8.98. The number of rotatable bonds is 9. The summed E-state index contributed by atoms with van der Waals surface area (Å²) in [6.07, 6.45) is 8.30. The number of hydrogen-bond donors (Lipinski definition) is 0. The molecule has 3 heteroatoms. The average Bonchev–Trinajstić information content (AvgIpc) is 3.89. The fraction of sp³-hybridized carbons (Fsp3) is 0. The van der Waals surface area contributed by atoms with Gasteiger partial charge in [0, 0.05) is 49.7 Å². The summed E-state index contributed by atoms with van der Waals surface area (Å²) < 4.78 is 9.14. The molecule has 0 saturated carbocycles. The van der Waals surface area contributed by atoms with Crippen LogP contribution in [0.5, 0.6) is 0 Å². The monoisotopic (exact) mass is 780 g/mol. The average molecular weight is 781 g/mol. The zero-order valence-corrected chi connectivity index (χ0v) is 33.4. The summed E-state index contributed by atoms with van der Waals surface area (Å²) in [5.41, 5.74) is 13.7. The van der Waals surface area contributed by atoms with Crippen molar-refractivity contribution < 1.29 is 4.42 Å². The van der Waals surface area contributed by atoms with Crippen LogP contribution in [0.15, 0.2) is 241 Å². The summed E-state index contributed by atoms with van der Waals surface area (Å²) >= 11 is 0. The van der Waals surface area contributed by atoms with Crippen molar-refractivity contribution >= 4 is 72.0 Å². The van der Waals surface area contributed by atoms with E-state index in [-0.39, 0.29) is 0 Å². The molecule has 2 aromatic heterocycles. The lowest BCUT2D eigenvalue weighted by atomic mass is 9.94. The van der Waals surface area contributed by atoms with Gasteiger partial charge >= 0.3 is 0 Å². The van der Waals surface area contributed by atoms with Gasteiger partial charge in [0.1, 0.15) is 11.2 Å². The first-order chi connectivity index (χ1) is 30.2. The van der Waals surface area contributed by atoms with Gasteiger partial charge in [-0.3, -0.25) is 0 Å². The molecule has 288 valence electrons. The van der Waals surface area contributed by atoms with Gasteiger partial charge in [-0.15, -0.1) is 0 Å². The van der Waals surface area contributed by atoms with E-state index in [1.54, 1.807) is 0 Å². The van der Waals surface area contributed by atoms with Crippen molar-refractivity contribution in [3.05, 3.63) is 242 Å². The summed E-state index contributed by atoms with van der Waals surface area (Å²) in [6, 6.07) is 73.3. The molecule has 0 amide bonds. The lowest BCUT2D eigenvalue weighted by molar-refractivity contribution is 0.670. The number of hydrogen-bond acceptors (Lipinski definition) is 2. The molecule has 0 radical (unpaired) electrons. The fourth-order valence-corrected chi connectivity index (χ4v) is 8.98. The molecule has 0 bridgehead atoms. The Balaban J connectivity index is 1.06. The molecule has 2 heterocycles. The Bertz CT molecular complexity index is 3440. The number of fused-ring (bicyclic) bond motifs is 8. The van der Waals surface area contributed by atoms with Crippen LogP contribution in [-0.2, 0) is 0 Å². The molecule has 0 atom stereocenters. The molecular formula is C58H40N2O. The van der Waals surface area contributed by atoms with Gasteiger partial charge in [0.2, 0.25) is 0 Å². The van der Waals surface area contributed by atoms with Crippen molar-refractivity contribution in [2.45, 2.75) is 0 Å². The molecule has 61 heavy (non-hydrogen) atoms. The Morgan fingerprint density at radius 3 is 1.95 bits per heavy atom. The first kappa shape index (κ1) is 36.0. The van der Waals surface area contributed by atoms with Gasteiger partial charge in [-0.2, -0.15) is 0 Å². The van der Waals surface area contributed by atoms with Gasteiger partial charge in [0.15, 0.2) is 0 Å². The van der Waals surface area contributed by atoms with Crippen molar-refractivity contribution in [3.63, 3.8) is 0 Å². The van der Waals surface area contributed by atoms with Gasteiger partial charge in [-0.05, 0) is 94.2 Å². The SMILES string of the molecule is C=C/C(=C\C=C\c1ccccc1)N(c1ccc(-c2cccc(-n3c4ccccc4c4ccccc43)c2)cc1)c1ccccc1-c1cc2ccccc2c2c1oc1ccccc12. The van der Waals surface area contributed by atoms with Gasteiger partial charge in [0.25, 0.3) is 0 Å². The van der Waals surface area contributed by atoms with Gasteiger partial charge in [0.05, 0.1) is 16.7 Å². The minimum absolute atomic E-state index is 0.874. The highest BCUT2D eigenvalue weighted by atomic mass is 16.3. The maximum absolute atomic E-state index is 6.77. The number of allylic oxidation sites excluding steroid dienone is 3. The van der Waals surface area contributed by atoms with Gasteiger partial charge < -0.3 is 13.9 Å². The third-order valence-corrected chi connectivity index (χ3v) is 11.8. The molecule has 0 unspecified atom stereocenters. The Morgan fingerprint density at radius 1 is 0.525 bits per heavy atom. The molecule has 0 aliphatic carbocycles. The Kier molecular flexibility index (Phi) is 8.98. The van der Waals surface area contributed by atoms with E-state index in [2.05, 4.69) is 228 Å². The number of aromatic nitrogens is 1. The Hall–Kier alpha value is -8.14. The van der Waals surface area contributed by atoms with E-state index in [1.807, 2.05) is 18.2 Å². The molecule has 11 aromatic rings. The molecule has 9 aromatic carbocycles. The van der Waals surface area contributed by atoms with Crippen LogP contribution in [0.1, 0.15) is 5.56 Å². The zero-order valence-electron chi connectivity index (χ0n) is 33.4. The molecule has 3 nitrogen and oxygen atoms in total. The topological polar surface area (TPSA) is 21.3 Å². The van der Waals surface area contributed by atoms with E-state index in [1.165, 1.54) is 27.2 Å². The van der Waals surface area contributed by atoms with E-state index in [9.17, 15) is 0 Å². The minimum atomic E-state index is 0.874. The second-order valence-electron chi connectivity index (χ2n) is 15.3. The molecule has 0 N–H and O–H groups in total. The molecule has 0 spiro atoms. The Morgan fingerprint density at radius 2 is 1.18 bits per heavy atom. The van der Waals surface area contributed by atoms with E-state index in [4.69, 9.17) is 4.42 Å². The maximum Gasteiger partial charge on any atom is 0.143 e. The van der Waals surface area contributed by atoms with Crippen LogP contribution in [-0.4, -0.2) is 4.57 Å². The van der Waals surface area contributed by atoms with E-state index in [0.717, 1.165) is 77.9 Å². The van der Waals surface area contributed by atoms with Crippen molar-refractivity contribution in [3.8, 4) is 27.9 Å². The first-order valence-corrected chi connectivity index (χ1v) is 20.7. The van der Waals surface area contributed by atoms with Crippen molar-refractivity contribution in [1.29, 1.82) is 0 Å². The summed E-state index contributed by atoms with van der Waals surface area (Å²) in [7, 11) is 0. The van der Waals surface area contributed by atoms with Crippen molar-refractivity contribution in [1.82, 2.24) is 4.57 Å².